The van der Waals surface area contributed by atoms with Crippen LogP contribution in [0.3, 0.4) is 0 Å². The van der Waals surface area contributed by atoms with Crippen LogP contribution < -0.4 is 20.7 Å². The average molecular weight is 607 g/mol. The summed E-state index contributed by atoms with van der Waals surface area (Å²) in [7, 11) is 4.47. The summed E-state index contributed by atoms with van der Waals surface area (Å²) in [5.41, 5.74) is 0.305. The van der Waals surface area contributed by atoms with Gasteiger partial charge in [0.15, 0.2) is 0 Å². The highest BCUT2D eigenvalue weighted by atomic mass is 19.4. The van der Waals surface area contributed by atoms with Crippen LogP contribution in [-0.2, 0) is 6.54 Å². The highest BCUT2D eigenvalue weighted by Gasteiger charge is 2.35. The van der Waals surface area contributed by atoms with E-state index in [9.17, 15) is 31.5 Å². The van der Waals surface area contributed by atoms with Gasteiger partial charge in [-0.15, -0.1) is 0 Å². The number of carbonyl (C=O) groups is 2. The predicted molar refractivity (Wildman–Crippen MR) is 150 cm³/mol. The lowest BCUT2D eigenvalue weighted by atomic mass is 9.92. The molecule has 1 fully saturated rings. The maximum atomic E-state index is 14.8. The highest BCUT2D eigenvalue weighted by Crippen LogP contribution is 2.28. The summed E-state index contributed by atoms with van der Waals surface area (Å²) >= 11 is 0. The van der Waals surface area contributed by atoms with Gasteiger partial charge in [0.25, 0.3) is 11.8 Å². The molecule has 3 aromatic rings. The Labute approximate surface area is 244 Å². The maximum Gasteiger partial charge on any atom is 0.406 e. The minimum Gasteiger partial charge on any atom is -0.494 e. The van der Waals surface area contributed by atoms with E-state index in [0.717, 1.165) is 17.0 Å². The monoisotopic (exact) mass is 606 g/mol. The molecule has 3 unspecified atom stereocenters. The van der Waals surface area contributed by atoms with Crippen LogP contribution in [0.5, 0.6) is 5.75 Å². The standard InChI is InChI=1S/C29H31F5N6O3/c1-16-12-39(3)13-21(31)25(16)38-28(42)19-8-17(9-23-26(19)37-15-40(23)14-29(32,33)34)6-5-7-36-22-10-18(27(41)35-2)20(30)11-24(22)43-4/h8-11,15-16,21,25,36H,7,12-14H2,1-4H3,(H,35,41)(H,38,42). The lowest BCUT2D eigenvalue weighted by Gasteiger charge is -2.37. The van der Waals surface area contributed by atoms with Crippen molar-refractivity contribution in [3.63, 3.8) is 0 Å². The molecule has 0 radical (unpaired) electrons. The number of halogens is 5. The Morgan fingerprint density at radius 1 is 1.14 bits per heavy atom. The van der Waals surface area contributed by atoms with Crippen LogP contribution in [0.1, 0.15) is 33.2 Å². The fourth-order valence-corrected chi connectivity index (χ4v) is 5.09. The van der Waals surface area contributed by atoms with Crippen molar-refractivity contribution >= 4 is 28.5 Å². The fourth-order valence-electron chi connectivity index (χ4n) is 5.09. The number of nitrogens with one attached hydrogen (secondary N) is 3. The van der Waals surface area contributed by atoms with Crippen LogP contribution in [0.15, 0.2) is 30.6 Å². The van der Waals surface area contributed by atoms with E-state index in [1.807, 2.05) is 11.8 Å². The molecule has 230 valence electrons. The van der Waals surface area contributed by atoms with Crippen molar-refractivity contribution in [2.75, 3.05) is 46.2 Å². The minimum atomic E-state index is -4.55. The first kappa shape index (κ1) is 31.6. The van der Waals surface area contributed by atoms with Crippen LogP contribution >= 0.6 is 0 Å². The van der Waals surface area contributed by atoms with Crippen LogP contribution in [0.25, 0.3) is 11.0 Å². The van der Waals surface area contributed by atoms with Crippen molar-refractivity contribution in [2.24, 2.45) is 5.92 Å². The first-order chi connectivity index (χ1) is 20.3. The number of alkyl halides is 4. The fraction of sp³-hybridized carbons (Fsp3) is 0.414. The zero-order valence-corrected chi connectivity index (χ0v) is 23.9. The number of imidazole rings is 1. The summed E-state index contributed by atoms with van der Waals surface area (Å²) in [5.74, 6) is 3.44. The van der Waals surface area contributed by atoms with Crippen molar-refractivity contribution in [1.82, 2.24) is 25.1 Å². The lowest BCUT2D eigenvalue weighted by Crippen LogP contribution is -2.56. The molecule has 9 nitrogen and oxygen atoms in total. The Hall–Kier alpha value is -4.38. The molecule has 2 heterocycles. The molecule has 0 saturated carbocycles. The molecule has 3 atom stereocenters. The van der Waals surface area contributed by atoms with E-state index in [4.69, 9.17) is 4.74 Å². The number of rotatable bonds is 7. The van der Waals surface area contributed by atoms with E-state index in [2.05, 4.69) is 32.8 Å². The van der Waals surface area contributed by atoms with E-state index < -0.39 is 42.6 Å². The second kappa shape index (κ2) is 12.9. The zero-order valence-electron chi connectivity index (χ0n) is 23.9. The summed E-state index contributed by atoms with van der Waals surface area (Å²) < 4.78 is 74.9. The van der Waals surface area contributed by atoms with Crippen LogP contribution in [0.4, 0.5) is 27.6 Å². The number of hydrogen-bond donors (Lipinski definition) is 3. The topological polar surface area (TPSA) is 101 Å². The molecule has 1 saturated heterocycles. The van der Waals surface area contributed by atoms with Gasteiger partial charge in [-0.3, -0.25) is 9.59 Å². The molecule has 3 N–H and O–H groups in total. The quantitative estimate of drug-likeness (QED) is 0.281. The van der Waals surface area contributed by atoms with E-state index in [0.29, 0.717) is 6.54 Å². The number of aromatic nitrogens is 2. The molecular formula is C29H31F5N6O3. The normalized spacial score (nSPS) is 19.0. The number of likely N-dealkylation sites (tertiary alicyclic amines) is 1. The SMILES string of the molecule is CNC(=O)c1cc(NCC#Cc2cc(C(=O)NC3C(C)CN(C)CC3F)c3ncn(CC(F)(F)F)c3c2)c(OC)cc1F. The molecule has 1 aliphatic rings. The molecule has 1 aliphatic heterocycles. The van der Waals surface area contributed by atoms with Crippen LogP contribution in [0.2, 0.25) is 0 Å². The number of ether oxygens (including phenoxy) is 1. The molecule has 2 aromatic carbocycles. The Bertz CT molecular complexity index is 1570. The van der Waals surface area contributed by atoms with Crippen molar-refractivity contribution in [2.45, 2.75) is 31.9 Å². The molecule has 14 heteroatoms. The summed E-state index contributed by atoms with van der Waals surface area (Å²) in [6.07, 6.45) is -4.89. The molecule has 0 bridgehead atoms. The first-order valence-electron chi connectivity index (χ1n) is 13.3. The van der Waals surface area contributed by atoms with Gasteiger partial charge in [0.1, 0.15) is 29.8 Å². The van der Waals surface area contributed by atoms with E-state index in [1.54, 1.807) is 7.05 Å². The van der Waals surface area contributed by atoms with Gasteiger partial charge in [-0.25, -0.2) is 13.8 Å². The van der Waals surface area contributed by atoms with Crippen LogP contribution in [0, 0.1) is 23.6 Å². The van der Waals surface area contributed by atoms with Gasteiger partial charge >= 0.3 is 6.18 Å². The minimum absolute atomic E-state index is 0.0270. The third-order valence-electron chi connectivity index (χ3n) is 7.07. The van der Waals surface area contributed by atoms with Crippen molar-refractivity contribution in [1.29, 1.82) is 0 Å². The number of nitrogens with zero attached hydrogens (tertiary/aromatic N) is 3. The van der Waals surface area contributed by atoms with Crippen molar-refractivity contribution in [3.05, 3.63) is 53.1 Å². The molecule has 1 aromatic heterocycles. The van der Waals surface area contributed by atoms with E-state index in [-0.39, 0.29) is 58.2 Å². The third kappa shape index (κ3) is 7.34. The summed E-state index contributed by atoms with van der Waals surface area (Å²) in [4.78, 5) is 31.2. The van der Waals surface area contributed by atoms with E-state index in [1.165, 1.54) is 32.4 Å². The number of amides is 2. The number of methoxy groups -OCH3 is 1. The number of piperidine rings is 1. The molecule has 4 rings (SSSR count). The van der Waals surface area contributed by atoms with Crippen LogP contribution in [-0.4, -0.2) is 85.5 Å². The van der Waals surface area contributed by atoms with Gasteiger partial charge in [-0.05, 0) is 31.2 Å². The average Bonchev–Trinajstić information content (AvgIpc) is 3.33. The lowest BCUT2D eigenvalue weighted by molar-refractivity contribution is -0.139. The molecule has 0 spiro atoms. The van der Waals surface area contributed by atoms with Gasteiger partial charge in [0.2, 0.25) is 0 Å². The second-order valence-electron chi connectivity index (χ2n) is 10.4. The highest BCUT2D eigenvalue weighted by molar-refractivity contribution is 6.05. The smallest absolute Gasteiger partial charge is 0.406 e. The Kier molecular flexibility index (Phi) is 9.44. The Morgan fingerprint density at radius 2 is 1.88 bits per heavy atom. The molecular weight excluding hydrogens is 575 g/mol. The Balaban J connectivity index is 1.64. The number of carbonyl (C=O) groups excluding carboxylic acids is 2. The summed E-state index contributed by atoms with van der Waals surface area (Å²) in [5, 5.41) is 7.98. The first-order valence-corrected chi connectivity index (χ1v) is 13.3. The van der Waals surface area contributed by atoms with Crippen molar-refractivity contribution in [3.8, 4) is 17.6 Å². The number of fused-ring (bicyclic) bond motifs is 1. The predicted octanol–water partition coefficient (Wildman–Crippen LogP) is 3.59. The number of anilines is 1. The van der Waals surface area contributed by atoms with Gasteiger partial charge < -0.3 is 30.2 Å². The van der Waals surface area contributed by atoms with Gasteiger partial charge in [0, 0.05) is 31.8 Å². The molecule has 0 aliphatic carbocycles. The Morgan fingerprint density at radius 3 is 2.53 bits per heavy atom. The van der Waals surface area contributed by atoms with Crippen molar-refractivity contribution < 1.29 is 36.3 Å². The molecule has 2 amide bonds. The number of hydrogen-bond acceptors (Lipinski definition) is 6. The summed E-state index contributed by atoms with van der Waals surface area (Å²) in [6.45, 7) is 1.13. The van der Waals surface area contributed by atoms with Gasteiger partial charge in [0.05, 0.1) is 48.4 Å². The third-order valence-corrected chi connectivity index (χ3v) is 7.07. The number of benzene rings is 2. The zero-order chi connectivity index (χ0) is 31.5. The van der Waals surface area contributed by atoms with E-state index >= 15 is 0 Å². The maximum absolute atomic E-state index is 14.8. The molecule has 43 heavy (non-hydrogen) atoms. The summed E-state index contributed by atoms with van der Waals surface area (Å²) in [6, 6.07) is 4.30. The van der Waals surface area contributed by atoms with Gasteiger partial charge in [-0.2, -0.15) is 13.2 Å². The second-order valence-corrected chi connectivity index (χ2v) is 10.4. The van der Waals surface area contributed by atoms with Gasteiger partial charge in [-0.1, -0.05) is 18.8 Å². The largest absolute Gasteiger partial charge is 0.494 e.